The smallest absolute Gasteiger partial charge is 0.0559 e. The molecule has 1 aliphatic rings. The molecule has 0 amide bonds. The van der Waals surface area contributed by atoms with Crippen LogP contribution < -0.4 is 5.32 Å². The number of nitrogens with one attached hydrogen (secondary N) is 1. The van der Waals surface area contributed by atoms with Crippen LogP contribution in [0, 0.1) is 5.41 Å². The molecule has 1 heterocycles. The standard InChI is InChI=1S/C14H21NO/c1-11(2)12-6-4-5-7-13(12)15-8-14(3)9-16-10-14/h4-7,11,15H,8-10H2,1-3H3. The molecule has 16 heavy (non-hydrogen) atoms. The summed E-state index contributed by atoms with van der Waals surface area (Å²) < 4.78 is 5.26. The first-order chi connectivity index (χ1) is 7.61. The Labute approximate surface area is 98.0 Å². The molecule has 0 spiro atoms. The summed E-state index contributed by atoms with van der Waals surface area (Å²) in [5.74, 6) is 0.564. The summed E-state index contributed by atoms with van der Waals surface area (Å²) in [6.07, 6.45) is 0. The van der Waals surface area contributed by atoms with Crippen LogP contribution in [0.1, 0.15) is 32.3 Å². The molecular formula is C14H21NO. The van der Waals surface area contributed by atoms with Crippen molar-refractivity contribution in [2.75, 3.05) is 25.1 Å². The summed E-state index contributed by atoms with van der Waals surface area (Å²) in [4.78, 5) is 0. The molecule has 0 radical (unpaired) electrons. The highest BCUT2D eigenvalue weighted by Crippen LogP contribution is 2.29. The predicted molar refractivity (Wildman–Crippen MR) is 67.9 cm³/mol. The highest BCUT2D eigenvalue weighted by molar-refractivity contribution is 5.52. The Morgan fingerprint density at radius 2 is 2.00 bits per heavy atom. The average Bonchev–Trinajstić information content (AvgIpc) is 2.24. The van der Waals surface area contributed by atoms with Crippen molar-refractivity contribution in [2.24, 2.45) is 5.41 Å². The van der Waals surface area contributed by atoms with Gasteiger partial charge in [0.2, 0.25) is 0 Å². The fourth-order valence-corrected chi connectivity index (χ4v) is 2.02. The number of hydrogen-bond donors (Lipinski definition) is 1. The topological polar surface area (TPSA) is 21.3 Å². The van der Waals surface area contributed by atoms with Gasteiger partial charge in [0.05, 0.1) is 13.2 Å². The van der Waals surface area contributed by atoms with E-state index in [1.807, 2.05) is 0 Å². The Bertz CT molecular complexity index is 356. The number of hydrogen-bond acceptors (Lipinski definition) is 2. The molecule has 0 unspecified atom stereocenters. The maximum absolute atomic E-state index is 5.26. The van der Waals surface area contributed by atoms with Crippen LogP contribution in [0.15, 0.2) is 24.3 Å². The summed E-state index contributed by atoms with van der Waals surface area (Å²) in [5.41, 5.74) is 2.99. The van der Waals surface area contributed by atoms with Gasteiger partial charge in [-0.1, -0.05) is 39.0 Å². The van der Waals surface area contributed by atoms with Crippen molar-refractivity contribution in [1.82, 2.24) is 0 Å². The largest absolute Gasteiger partial charge is 0.384 e. The second-order valence-corrected chi connectivity index (χ2v) is 5.40. The van der Waals surface area contributed by atoms with Crippen molar-refractivity contribution in [3.8, 4) is 0 Å². The molecule has 88 valence electrons. The van der Waals surface area contributed by atoms with Crippen molar-refractivity contribution in [3.05, 3.63) is 29.8 Å². The number of benzene rings is 1. The van der Waals surface area contributed by atoms with Gasteiger partial charge in [0, 0.05) is 17.6 Å². The van der Waals surface area contributed by atoms with Gasteiger partial charge in [-0.2, -0.15) is 0 Å². The monoisotopic (exact) mass is 219 g/mol. The van der Waals surface area contributed by atoms with Gasteiger partial charge in [0.15, 0.2) is 0 Å². The van der Waals surface area contributed by atoms with Crippen LogP contribution >= 0.6 is 0 Å². The molecule has 0 bridgehead atoms. The van der Waals surface area contributed by atoms with Crippen LogP contribution in [-0.4, -0.2) is 19.8 Å². The molecule has 1 aromatic carbocycles. The average molecular weight is 219 g/mol. The zero-order valence-corrected chi connectivity index (χ0v) is 10.4. The van der Waals surface area contributed by atoms with Crippen LogP contribution in [-0.2, 0) is 4.74 Å². The van der Waals surface area contributed by atoms with E-state index in [-0.39, 0.29) is 0 Å². The lowest BCUT2D eigenvalue weighted by Crippen LogP contribution is -2.45. The lowest BCUT2D eigenvalue weighted by atomic mass is 9.88. The van der Waals surface area contributed by atoms with Crippen molar-refractivity contribution < 1.29 is 4.74 Å². The van der Waals surface area contributed by atoms with Gasteiger partial charge < -0.3 is 10.1 Å². The Morgan fingerprint density at radius 1 is 1.31 bits per heavy atom. The molecule has 1 fully saturated rings. The predicted octanol–water partition coefficient (Wildman–Crippen LogP) is 3.26. The molecule has 0 aliphatic carbocycles. The number of para-hydroxylation sites is 1. The van der Waals surface area contributed by atoms with E-state index in [2.05, 4.69) is 50.4 Å². The zero-order valence-electron chi connectivity index (χ0n) is 10.4. The van der Waals surface area contributed by atoms with Gasteiger partial charge in [0.25, 0.3) is 0 Å². The van der Waals surface area contributed by atoms with E-state index in [4.69, 9.17) is 4.74 Å². The van der Waals surface area contributed by atoms with E-state index < -0.39 is 0 Å². The summed E-state index contributed by atoms with van der Waals surface area (Å²) in [6, 6.07) is 8.56. The second-order valence-electron chi connectivity index (χ2n) is 5.40. The fourth-order valence-electron chi connectivity index (χ4n) is 2.02. The van der Waals surface area contributed by atoms with Crippen molar-refractivity contribution in [1.29, 1.82) is 0 Å². The van der Waals surface area contributed by atoms with Crippen molar-refractivity contribution in [3.63, 3.8) is 0 Å². The molecule has 2 heteroatoms. The third-order valence-corrected chi connectivity index (χ3v) is 3.19. The molecular weight excluding hydrogens is 198 g/mol. The van der Waals surface area contributed by atoms with Crippen LogP contribution in [0.4, 0.5) is 5.69 Å². The number of ether oxygens (including phenoxy) is 1. The van der Waals surface area contributed by atoms with Gasteiger partial charge in [-0.05, 0) is 17.5 Å². The van der Waals surface area contributed by atoms with Crippen LogP contribution in [0.5, 0.6) is 0 Å². The van der Waals surface area contributed by atoms with Crippen LogP contribution in [0.2, 0.25) is 0 Å². The van der Waals surface area contributed by atoms with Gasteiger partial charge in [-0.25, -0.2) is 0 Å². The quantitative estimate of drug-likeness (QED) is 0.839. The Hall–Kier alpha value is -1.02. The fraction of sp³-hybridized carbons (Fsp3) is 0.571. The minimum Gasteiger partial charge on any atom is -0.384 e. The van der Waals surface area contributed by atoms with E-state index >= 15 is 0 Å². The summed E-state index contributed by atoms with van der Waals surface area (Å²) in [7, 11) is 0. The Kier molecular flexibility index (Phi) is 3.20. The SMILES string of the molecule is CC(C)c1ccccc1NCC1(C)COC1. The first-order valence-corrected chi connectivity index (χ1v) is 6.01. The van der Waals surface area contributed by atoms with Crippen LogP contribution in [0.3, 0.4) is 0 Å². The molecule has 1 saturated heterocycles. The molecule has 0 aromatic heterocycles. The summed E-state index contributed by atoms with van der Waals surface area (Å²) >= 11 is 0. The number of anilines is 1. The lowest BCUT2D eigenvalue weighted by Gasteiger charge is -2.38. The van der Waals surface area contributed by atoms with Gasteiger partial charge in [0.1, 0.15) is 0 Å². The third-order valence-electron chi connectivity index (χ3n) is 3.19. The van der Waals surface area contributed by atoms with Crippen LogP contribution in [0.25, 0.3) is 0 Å². The highest BCUT2D eigenvalue weighted by atomic mass is 16.5. The molecule has 1 aliphatic heterocycles. The molecule has 2 rings (SSSR count). The summed E-state index contributed by atoms with van der Waals surface area (Å²) in [6.45, 7) is 9.48. The minimum absolute atomic E-state index is 0.324. The van der Waals surface area contributed by atoms with Gasteiger partial charge in [-0.15, -0.1) is 0 Å². The van der Waals surface area contributed by atoms with E-state index in [0.29, 0.717) is 11.3 Å². The molecule has 0 saturated carbocycles. The second kappa shape index (κ2) is 4.46. The Morgan fingerprint density at radius 3 is 2.56 bits per heavy atom. The third kappa shape index (κ3) is 2.38. The lowest BCUT2D eigenvalue weighted by molar-refractivity contribution is -0.0924. The molecule has 2 nitrogen and oxygen atoms in total. The van der Waals surface area contributed by atoms with E-state index in [1.54, 1.807) is 0 Å². The van der Waals surface area contributed by atoms with E-state index in [1.165, 1.54) is 11.3 Å². The van der Waals surface area contributed by atoms with Crippen molar-refractivity contribution >= 4 is 5.69 Å². The van der Waals surface area contributed by atoms with Crippen molar-refractivity contribution in [2.45, 2.75) is 26.7 Å². The maximum atomic E-state index is 5.26. The molecule has 1 N–H and O–H groups in total. The van der Waals surface area contributed by atoms with Gasteiger partial charge in [-0.3, -0.25) is 0 Å². The van der Waals surface area contributed by atoms with Gasteiger partial charge >= 0.3 is 0 Å². The summed E-state index contributed by atoms with van der Waals surface area (Å²) in [5, 5.41) is 3.56. The maximum Gasteiger partial charge on any atom is 0.0559 e. The normalized spacial score (nSPS) is 18.2. The highest BCUT2D eigenvalue weighted by Gasteiger charge is 2.33. The first-order valence-electron chi connectivity index (χ1n) is 6.01. The minimum atomic E-state index is 0.324. The Balaban J connectivity index is 2.03. The zero-order chi connectivity index (χ0) is 11.6. The first kappa shape index (κ1) is 11.5. The van der Waals surface area contributed by atoms with E-state index in [9.17, 15) is 0 Å². The number of rotatable bonds is 4. The van der Waals surface area contributed by atoms with E-state index in [0.717, 1.165) is 19.8 Å². The molecule has 0 atom stereocenters. The molecule has 1 aromatic rings.